The van der Waals surface area contributed by atoms with Gasteiger partial charge in [-0.3, -0.25) is 9.59 Å². The van der Waals surface area contributed by atoms with Crippen LogP contribution >= 0.6 is 11.6 Å². The van der Waals surface area contributed by atoms with Crippen molar-refractivity contribution >= 4 is 23.4 Å². The first-order valence-electron chi connectivity index (χ1n) is 10.2. The molecule has 2 aliphatic heterocycles. The van der Waals surface area contributed by atoms with Gasteiger partial charge in [-0.15, -0.1) is 11.6 Å². The summed E-state index contributed by atoms with van der Waals surface area (Å²) in [5, 5.41) is 2.82. The number of ether oxygens (including phenoxy) is 2. The smallest absolute Gasteiger partial charge is 0.273 e. The zero-order valence-corrected chi connectivity index (χ0v) is 17.9. The monoisotopic (exact) mass is 427 g/mol. The van der Waals surface area contributed by atoms with Crippen LogP contribution in [0.4, 0.5) is 0 Å². The Hall–Kier alpha value is -1.64. The summed E-state index contributed by atoms with van der Waals surface area (Å²) in [6.45, 7) is 6.13. The van der Waals surface area contributed by atoms with E-state index in [0.29, 0.717) is 25.6 Å². The van der Waals surface area contributed by atoms with Gasteiger partial charge in [0.1, 0.15) is 6.26 Å². The molecule has 162 valence electrons. The number of nitrogens with zero attached hydrogens (tertiary/aromatic N) is 2. The van der Waals surface area contributed by atoms with Gasteiger partial charge in [-0.05, 0) is 39.5 Å². The lowest BCUT2D eigenvalue weighted by molar-refractivity contribution is -0.141. The van der Waals surface area contributed by atoms with Crippen molar-refractivity contribution in [3.63, 3.8) is 0 Å². The highest BCUT2D eigenvalue weighted by atomic mass is 35.5. The zero-order valence-electron chi connectivity index (χ0n) is 17.1. The molecule has 3 rings (SSSR count). The average molecular weight is 428 g/mol. The second-order valence-corrected chi connectivity index (χ2v) is 8.58. The molecule has 1 aromatic heterocycles. The van der Waals surface area contributed by atoms with Crippen LogP contribution in [0.15, 0.2) is 10.7 Å². The lowest BCUT2D eigenvalue weighted by Crippen LogP contribution is -2.44. The van der Waals surface area contributed by atoms with Crippen molar-refractivity contribution in [1.29, 1.82) is 0 Å². The Labute approximate surface area is 176 Å². The number of hydrogen-bond acceptors (Lipinski definition) is 6. The minimum atomic E-state index is -0.714. The third-order valence-electron chi connectivity index (χ3n) is 5.27. The third kappa shape index (κ3) is 5.93. The number of carbonyl (C=O) groups excluding carboxylic acids is 2. The maximum atomic E-state index is 13.0. The SMILES string of the molecule is CC(C)(CCl)C(=O)N(Cc1nc(C(=O)NC[C@H]2CCCO2)co1)C[C@H]1CCCO1. The number of amides is 2. The summed E-state index contributed by atoms with van der Waals surface area (Å²) in [7, 11) is 0. The number of hydrogen-bond donors (Lipinski definition) is 1. The van der Waals surface area contributed by atoms with Gasteiger partial charge in [0.05, 0.1) is 24.2 Å². The van der Waals surface area contributed by atoms with Crippen molar-refractivity contribution in [3.8, 4) is 0 Å². The molecule has 3 heterocycles. The molecule has 0 radical (unpaired) electrons. The maximum Gasteiger partial charge on any atom is 0.273 e. The molecule has 2 saturated heterocycles. The number of oxazole rings is 1. The Morgan fingerprint density at radius 2 is 1.93 bits per heavy atom. The topological polar surface area (TPSA) is 93.9 Å². The van der Waals surface area contributed by atoms with E-state index in [9.17, 15) is 9.59 Å². The molecule has 2 atom stereocenters. The fraction of sp³-hybridized carbons (Fsp3) is 0.750. The van der Waals surface area contributed by atoms with E-state index in [1.54, 1.807) is 4.90 Å². The van der Waals surface area contributed by atoms with Gasteiger partial charge in [0, 0.05) is 32.2 Å². The van der Waals surface area contributed by atoms with Gasteiger partial charge >= 0.3 is 0 Å². The maximum absolute atomic E-state index is 13.0. The summed E-state index contributed by atoms with van der Waals surface area (Å²) in [5.41, 5.74) is -0.520. The lowest BCUT2D eigenvalue weighted by atomic mass is 9.94. The highest BCUT2D eigenvalue weighted by molar-refractivity contribution is 6.19. The van der Waals surface area contributed by atoms with Crippen molar-refractivity contribution in [3.05, 3.63) is 17.8 Å². The molecule has 9 heteroatoms. The zero-order chi connectivity index (χ0) is 20.9. The minimum absolute atomic E-state index is 0.00535. The minimum Gasteiger partial charge on any atom is -0.446 e. The molecule has 8 nitrogen and oxygen atoms in total. The van der Waals surface area contributed by atoms with Gasteiger partial charge in [-0.1, -0.05) is 0 Å². The normalized spacial score (nSPS) is 22.0. The van der Waals surface area contributed by atoms with E-state index >= 15 is 0 Å². The van der Waals surface area contributed by atoms with E-state index in [1.165, 1.54) is 6.26 Å². The van der Waals surface area contributed by atoms with Gasteiger partial charge < -0.3 is 24.1 Å². The van der Waals surface area contributed by atoms with Crippen molar-refractivity contribution in [1.82, 2.24) is 15.2 Å². The Morgan fingerprint density at radius 3 is 2.55 bits per heavy atom. The molecule has 1 aromatic rings. The molecule has 0 bridgehead atoms. The summed E-state index contributed by atoms with van der Waals surface area (Å²) in [6, 6.07) is 0. The third-order valence-corrected chi connectivity index (χ3v) is 5.94. The van der Waals surface area contributed by atoms with E-state index in [0.717, 1.165) is 32.3 Å². The first kappa shape index (κ1) is 22.1. The second-order valence-electron chi connectivity index (χ2n) is 8.31. The van der Waals surface area contributed by atoms with E-state index in [2.05, 4.69) is 10.3 Å². The molecule has 2 aliphatic rings. The molecular formula is C20H30ClN3O5. The van der Waals surface area contributed by atoms with Gasteiger partial charge in [0.25, 0.3) is 5.91 Å². The predicted molar refractivity (Wildman–Crippen MR) is 107 cm³/mol. The summed E-state index contributed by atoms with van der Waals surface area (Å²) < 4.78 is 16.7. The van der Waals surface area contributed by atoms with Crippen molar-refractivity contribution < 1.29 is 23.5 Å². The van der Waals surface area contributed by atoms with Crippen molar-refractivity contribution in [2.45, 2.75) is 58.3 Å². The Balaban J connectivity index is 1.62. The van der Waals surface area contributed by atoms with Crippen LogP contribution in [0, 0.1) is 5.41 Å². The van der Waals surface area contributed by atoms with Crippen LogP contribution in [0.3, 0.4) is 0 Å². The van der Waals surface area contributed by atoms with Crippen LogP contribution in [0.2, 0.25) is 0 Å². The highest BCUT2D eigenvalue weighted by Gasteiger charge is 2.34. The molecule has 2 fully saturated rings. The second kappa shape index (κ2) is 9.91. The van der Waals surface area contributed by atoms with Crippen molar-refractivity contribution in [2.24, 2.45) is 5.41 Å². The molecule has 0 aliphatic carbocycles. The Morgan fingerprint density at radius 1 is 1.24 bits per heavy atom. The molecule has 0 unspecified atom stereocenters. The number of aromatic nitrogens is 1. The van der Waals surface area contributed by atoms with Crippen LogP contribution < -0.4 is 5.32 Å². The molecule has 0 aromatic carbocycles. The van der Waals surface area contributed by atoms with Crippen LogP contribution in [-0.2, 0) is 20.8 Å². The Kier molecular flexibility index (Phi) is 7.54. The molecule has 29 heavy (non-hydrogen) atoms. The molecule has 1 N–H and O–H groups in total. The predicted octanol–water partition coefficient (Wildman–Crippen LogP) is 2.36. The van der Waals surface area contributed by atoms with Crippen LogP contribution in [0.5, 0.6) is 0 Å². The molecule has 0 saturated carbocycles. The lowest BCUT2D eigenvalue weighted by Gasteiger charge is -2.31. The highest BCUT2D eigenvalue weighted by Crippen LogP contribution is 2.24. The standard InChI is InChI=1S/C20H30ClN3O5/c1-20(2,13-21)19(26)24(10-15-6-4-8-28-15)11-17-23-16(12-29-17)18(25)22-9-14-5-3-7-27-14/h12,14-15H,3-11,13H2,1-2H3,(H,22,25)/t14-,15-/m1/s1. The number of alkyl halides is 1. The fourth-order valence-electron chi connectivity index (χ4n) is 3.49. The molecular weight excluding hydrogens is 398 g/mol. The summed E-state index contributed by atoms with van der Waals surface area (Å²) in [6.07, 6.45) is 5.23. The van der Waals surface area contributed by atoms with Crippen LogP contribution in [0.1, 0.15) is 55.9 Å². The average Bonchev–Trinajstić information content (AvgIpc) is 3.47. The van der Waals surface area contributed by atoms with Crippen LogP contribution in [-0.4, -0.2) is 66.1 Å². The molecule has 0 spiro atoms. The molecule has 2 amide bonds. The summed E-state index contributed by atoms with van der Waals surface area (Å²) in [4.78, 5) is 31.3. The van der Waals surface area contributed by atoms with Gasteiger partial charge in [-0.25, -0.2) is 4.98 Å². The number of nitrogens with one attached hydrogen (secondary N) is 1. The van der Waals surface area contributed by atoms with E-state index in [1.807, 2.05) is 13.8 Å². The van der Waals surface area contributed by atoms with Crippen molar-refractivity contribution in [2.75, 3.05) is 32.2 Å². The quantitative estimate of drug-likeness (QED) is 0.608. The fourth-order valence-corrected chi connectivity index (χ4v) is 3.61. The van der Waals surface area contributed by atoms with Crippen LogP contribution in [0.25, 0.3) is 0 Å². The number of rotatable bonds is 9. The Bertz CT molecular complexity index is 696. The van der Waals surface area contributed by atoms with E-state index < -0.39 is 5.41 Å². The first-order valence-corrected chi connectivity index (χ1v) is 10.7. The van der Waals surface area contributed by atoms with Gasteiger partial charge in [0.2, 0.25) is 11.8 Å². The first-order chi connectivity index (χ1) is 13.9. The van der Waals surface area contributed by atoms with Gasteiger partial charge in [0.15, 0.2) is 5.69 Å². The van der Waals surface area contributed by atoms with Gasteiger partial charge in [-0.2, -0.15) is 0 Å². The van der Waals surface area contributed by atoms with E-state index in [4.69, 9.17) is 25.5 Å². The number of carbonyl (C=O) groups is 2. The summed E-state index contributed by atoms with van der Waals surface area (Å²) >= 11 is 6.01. The largest absolute Gasteiger partial charge is 0.446 e. The van der Waals surface area contributed by atoms with E-state index in [-0.39, 0.29) is 42.1 Å². The number of halogens is 1. The summed E-state index contributed by atoms with van der Waals surface area (Å²) in [5.74, 6) is 0.110.